The summed E-state index contributed by atoms with van der Waals surface area (Å²) in [5.41, 5.74) is 0. The van der Waals surface area contributed by atoms with Crippen molar-refractivity contribution in [3.05, 3.63) is 48.6 Å². The molecular formula is C32H46O3. The van der Waals surface area contributed by atoms with E-state index in [9.17, 15) is 4.79 Å². The summed E-state index contributed by atoms with van der Waals surface area (Å²) in [5.74, 6) is 5.49. The highest BCUT2D eigenvalue weighted by Crippen LogP contribution is 2.50. The van der Waals surface area contributed by atoms with Gasteiger partial charge in [0.25, 0.3) is 0 Å². The van der Waals surface area contributed by atoms with Crippen LogP contribution in [-0.4, -0.2) is 12.6 Å². The Morgan fingerprint density at radius 1 is 0.829 bits per heavy atom. The SMILES string of the molecule is C/C=C/CCC1CCC(C2CCC3C(CCCC3C(=O)Oc3ccc(OC/C=C/C)cc3)C2)CC1. The summed E-state index contributed by atoms with van der Waals surface area (Å²) >= 11 is 0. The van der Waals surface area contributed by atoms with Crippen molar-refractivity contribution in [2.75, 3.05) is 6.61 Å². The number of ether oxygens (including phenoxy) is 2. The summed E-state index contributed by atoms with van der Waals surface area (Å²) in [5, 5.41) is 0. The molecule has 4 rings (SSSR count). The van der Waals surface area contributed by atoms with Gasteiger partial charge in [-0.3, -0.25) is 4.79 Å². The zero-order valence-electron chi connectivity index (χ0n) is 22.0. The Kier molecular flexibility index (Phi) is 9.92. The van der Waals surface area contributed by atoms with Crippen molar-refractivity contribution < 1.29 is 14.3 Å². The fourth-order valence-corrected chi connectivity index (χ4v) is 7.20. The zero-order chi connectivity index (χ0) is 24.5. The van der Waals surface area contributed by atoms with Crippen LogP contribution in [0, 0.1) is 35.5 Å². The van der Waals surface area contributed by atoms with Crippen LogP contribution < -0.4 is 9.47 Å². The van der Waals surface area contributed by atoms with Crippen LogP contribution in [0.25, 0.3) is 0 Å². The second kappa shape index (κ2) is 13.3. The number of esters is 1. The molecule has 0 amide bonds. The third-order valence-corrected chi connectivity index (χ3v) is 9.15. The standard InChI is InChI=1S/C32H46O3/c1-3-5-7-9-24-12-14-25(15-13-24)26-16-21-30-27(23-26)10-8-11-31(30)32(33)35-29-19-17-28(18-20-29)34-22-6-4-2/h3-6,17-20,24-27,30-31H,7-16,21-23H2,1-2H3/b5-3+,6-4+. The Labute approximate surface area is 213 Å². The van der Waals surface area contributed by atoms with E-state index in [2.05, 4.69) is 19.1 Å². The highest BCUT2D eigenvalue weighted by atomic mass is 16.5. The van der Waals surface area contributed by atoms with Crippen molar-refractivity contribution >= 4 is 5.97 Å². The topological polar surface area (TPSA) is 35.5 Å². The summed E-state index contributed by atoms with van der Waals surface area (Å²) in [7, 11) is 0. The molecule has 0 saturated heterocycles. The van der Waals surface area contributed by atoms with Crippen molar-refractivity contribution in [3.63, 3.8) is 0 Å². The molecule has 0 spiro atoms. The quantitative estimate of drug-likeness (QED) is 0.203. The summed E-state index contributed by atoms with van der Waals surface area (Å²) in [6.45, 7) is 4.66. The van der Waals surface area contributed by atoms with Gasteiger partial charge in [0.05, 0.1) is 5.92 Å². The summed E-state index contributed by atoms with van der Waals surface area (Å²) in [6, 6.07) is 7.48. The highest BCUT2D eigenvalue weighted by Gasteiger charge is 2.43. The van der Waals surface area contributed by atoms with Crippen molar-refractivity contribution in [2.24, 2.45) is 35.5 Å². The molecule has 3 aliphatic rings. The lowest BCUT2D eigenvalue weighted by Gasteiger charge is -2.46. The van der Waals surface area contributed by atoms with Crippen LogP contribution in [0.15, 0.2) is 48.6 Å². The van der Waals surface area contributed by atoms with Gasteiger partial charge in [-0.15, -0.1) is 0 Å². The lowest BCUT2D eigenvalue weighted by atomic mass is 9.59. The summed E-state index contributed by atoms with van der Waals surface area (Å²) in [6.07, 6.45) is 24.2. The Hall–Kier alpha value is -2.03. The average Bonchev–Trinajstić information content (AvgIpc) is 2.89. The van der Waals surface area contributed by atoms with Gasteiger partial charge in [0.15, 0.2) is 0 Å². The van der Waals surface area contributed by atoms with Gasteiger partial charge in [0, 0.05) is 0 Å². The first-order valence-electron chi connectivity index (χ1n) is 14.3. The molecule has 3 fully saturated rings. The largest absolute Gasteiger partial charge is 0.490 e. The number of hydrogen-bond donors (Lipinski definition) is 0. The van der Waals surface area contributed by atoms with Crippen LogP contribution in [-0.2, 0) is 4.79 Å². The molecule has 0 aromatic heterocycles. The number of carbonyl (C=O) groups excluding carboxylic acids is 1. The van der Waals surface area contributed by atoms with Gasteiger partial charge >= 0.3 is 5.97 Å². The fourth-order valence-electron chi connectivity index (χ4n) is 7.20. The molecule has 1 aromatic carbocycles. The number of allylic oxidation sites excluding steroid dienone is 3. The maximum atomic E-state index is 13.2. The fraction of sp³-hybridized carbons (Fsp3) is 0.656. The second-order valence-corrected chi connectivity index (χ2v) is 11.2. The van der Waals surface area contributed by atoms with Crippen LogP contribution in [0.4, 0.5) is 0 Å². The Bertz CT molecular complexity index is 831. The van der Waals surface area contributed by atoms with Crippen molar-refractivity contribution in [1.29, 1.82) is 0 Å². The molecule has 4 unspecified atom stereocenters. The lowest BCUT2D eigenvalue weighted by Crippen LogP contribution is -2.40. The monoisotopic (exact) mass is 478 g/mol. The van der Waals surface area contributed by atoms with Gasteiger partial charge in [-0.2, -0.15) is 0 Å². The lowest BCUT2D eigenvalue weighted by molar-refractivity contribution is -0.144. The second-order valence-electron chi connectivity index (χ2n) is 11.2. The van der Waals surface area contributed by atoms with E-state index in [0.717, 1.165) is 35.8 Å². The van der Waals surface area contributed by atoms with Crippen molar-refractivity contribution in [3.8, 4) is 11.5 Å². The summed E-state index contributed by atoms with van der Waals surface area (Å²) < 4.78 is 11.5. The molecule has 3 aliphatic carbocycles. The molecule has 0 aliphatic heterocycles. The van der Waals surface area contributed by atoms with Gasteiger partial charge in [-0.05, 0) is 119 Å². The van der Waals surface area contributed by atoms with Crippen LogP contribution in [0.5, 0.6) is 11.5 Å². The molecule has 1 aromatic rings. The molecule has 4 atom stereocenters. The Morgan fingerprint density at radius 3 is 2.29 bits per heavy atom. The van der Waals surface area contributed by atoms with E-state index in [4.69, 9.17) is 9.47 Å². The van der Waals surface area contributed by atoms with Crippen LogP contribution in [0.1, 0.15) is 90.9 Å². The Morgan fingerprint density at radius 2 is 1.54 bits per heavy atom. The van der Waals surface area contributed by atoms with Crippen LogP contribution >= 0.6 is 0 Å². The number of carbonyl (C=O) groups is 1. The highest BCUT2D eigenvalue weighted by molar-refractivity contribution is 5.75. The van der Waals surface area contributed by atoms with E-state index in [0.29, 0.717) is 18.3 Å². The van der Waals surface area contributed by atoms with Crippen molar-refractivity contribution in [2.45, 2.75) is 90.9 Å². The first-order chi connectivity index (χ1) is 17.2. The molecule has 0 radical (unpaired) electrons. The van der Waals surface area contributed by atoms with E-state index in [1.54, 1.807) is 0 Å². The van der Waals surface area contributed by atoms with Crippen molar-refractivity contribution in [1.82, 2.24) is 0 Å². The molecule has 0 N–H and O–H groups in total. The van der Waals surface area contributed by atoms with E-state index in [1.807, 2.05) is 43.3 Å². The van der Waals surface area contributed by atoms with Gasteiger partial charge in [-0.1, -0.05) is 50.0 Å². The third kappa shape index (κ3) is 7.24. The molecule has 3 nitrogen and oxygen atoms in total. The zero-order valence-corrected chi connectivity index (χ0v) is 22.0. The minimum absolute atomic E-state index is 0.0117. The maximum Gasteiger partial charge on any atom is 0.314 e. The van der Waals surface area contributed by atoms with E-state index in [-0.39, 0.29) is 11.9 Å². The predicted octanol–water partition coefficient (Wildman–Crippen LogP) is 8.54. The van der Waals surface area contributed by atoms with Crippen LogP contribution in [0.2, 0.25) is 0 Å². The number of hydrogen-bond acceptors (Lipinski definition) is 3. The minimum atomic E-state index is -0.0117. The predicted molar refractivity (Wildman–Crippen MR) is 144 cm³/mol. The van der Waals surface area contributed by atoms with E-state index < -0.39 is 0 Å². The molecule has 3 heteroatoms. The smallest absolute Gasteiger partial charge is 0.314 e. The summed E-state index contributed by atoms with van der Waals surface area (Å²) in [4.78, 5) is 13.2. The molecule has 0 bridgehead atoms. The molecule has 3 saturated carbocycles. The Balaban J connectivity index is 1.25. The molecular weight excluding hydrogens is 432 g/mol. The van der Waals surface area contributed by atoms with Gasteiger partial charge in [0.2, 0.25) is 0 Å². The number of fused-ring (bicyclic) bond motifs is 1. The normalized spacial score (nSPS) is 31.4. The third-order valence-electron chi connectivity index (χ3n) is 9.15. The maximum absolute atomic E-state index is 13.2. The number of rotatable bonds is 9. The van der Waals surface area contributed by atoms with E-state index >= 15 is 0 Å². The van der Waals surface area contributed by atoms with E-state index in [1.165, 1.54) is 70.6 Å². The molecule has 192 valence electrons. The number of benzene rings is 1. The van der Waals surface area contributed by atoms with Gasteiger partial charge in [-0.25, -0.2) is 0 Å². The molecule has 0 heterocycles. The molecule has 35 heavy (non-hydrogen) atoms. The minimum Gasteiger partial charge on any atom is -0.490 e. The first-order valence-corrected chi connectivity index (χ1v) is 14.3. The van der Waals surface area contributed by atoms with Gasteiger partial charge in [0.1, 0.15) is 18.1 Å². The average molecular weight is 479 g/mol. The van der Waals surface area contributed by atoms with Crippen LogP contribution in [0.3, 0.4) is 0 Å². The van der Waals surface area contributed by atoms with Gasteiger partial charge < -0.3 is 9.47 Å². The first kappa shape index (κ1) is 26.0.